The molecule has 1 aliphatic carbocycles. The van der Waals surface area contributed by atoms with Gasteiger partial charge >= 0.3 is 0 Å². The van der Waals surface area contributed by atoms with Crippen LogP contribution in [0.25, 0.3) is 16.7 Å². The monoisotopic (exact) mass is 560 g/mol. The molecule has 0 bridgehead atoms. The van der Waals surface area contributed by atoms with Crippen molar-refractivity contribution in [3.63, 3.8) is 0 Å². The molecule has 212 valence electrons. The maximum absolute atomic E-state index is 15.2. The molecule has 8 heteroatoms. The third-order valence-corrected chi connectivity index (χ3v) is 7.94. The Labute approximate surface area is 229 Å². The Balaban J connectivity index is 1.34. The molecule has 0 saturated carbocycles. The number of hydrogen-bond donors (Lipinski definition) is 1. The average Bonchev–Trinajstić information content (AvgIpc) is 3.79. The largest absolute Gasteiger partial charge is 0.388 e. The van der Waals surface area contributed by atoms with Crippen LogP contribution in [0.1, 0.15) is 92.2 Å². The van der Waals surface area contributed by atoms with Gasteiger partial charge in [-0.1, -0.05) is 68.7 Å². The number of hydrogen-bond acceptors (Lipinski definition) is 2. The predicted molar refractivity (Wildman–Crippen MR) is 140 cm³/mol. The van der Waals surface area contributed by atoms with Gasteiger partial charge < -0.3 is 9.84 Å². The molecule has 1 heterocycles. The number of benzene rings is 3. The summed E-state index contributed by atoms with van der Waals surface area (Å²) in [7, 11) is 0. The van der Waals surface area contributed by atoms with Gasteiger partial charge in [-0.2, -0.15) is 0 Å². The van der Waals surface area contributed by atoms with Crippen molar-refractivity contribution in [2.75, 3.05) is 6.61 Å². The van der Waals surface area contributed by atoms with E-state index in [1.165, 1.54) is 36.4 Å². The van der Waals surface area contributed by atoms with Crippen LogP contribution in [-0.2, 0) is 4.74 Å². The Morgan fingerprint density at radius 2 is 1.38 bits per heavy atom. The standard InChI is InChI=1S/C32H30F6O2/c1-2-3-4-5-25(39)23-14-11-20(28(34)31(23)37)18-8-6-17(7-9-18)19-10-12-21(29(35)27(19)33)22-13-15-24(26-16-40-26)32(38)30(22)36/h6,10-15,18,25-26,39H,2-5,7-9,16H2,1H3. The second kappa shape index (κ2) is 11.8. The van der Waals surface area contributed by atoms with E-state index in [9.17, 15) is 22.7 Å². The molecule has 3 aromatic carbocycles. The van der Waals surface area contributed by atoms with E-state index in [-0.39, 0.29) is 53.2 Å². The number of ether oxygens (including phenoxy) is 1. The summed E-state index contributed by atoms with van der Waals surface area (Å²) in [6.07, 6.45) is 3.88. The molecule has 40 heavy (non-hydrogen) atoms. The van der Waals surface area contributed by atoms with E-state index < -0.39 is 52.7 Å². The normalized spacial score (nSPS) is 19.4. The van der Waals surface area contributed by atoms with Crippen molar-refractivity contribution >= 4 is 5.57 Å². The van der Waals surface area contributed by atoms with Crippen LogP contribution < -0.4 is 0 Å². The topological polar surface area (TPSA) is 32.8 Å². The Morgan fingerprint density at radius 3 is 2.02 bits per heavy atom. The van der Waals surface area contributed by atoms with Gasteiger partial charge in [0.25, 0.3) is 0 Å². The van der Waals surface area contributed by atoms with Gasteiger partial charge in [-0.3, -0.25) is 0 Å². The van der Waals surface area contributed by atoms with Gasteiger partial charge in [-0.25, -0.2) is 26.3 Å². The molecular weight excluding hydrogens is 530 g/mol. The first-order valence-corrected chi connectivity index (χ1v) is 13.7. The highest BCUT2D eigenvalue weighted by atomic mass is 19.2. The van der Waals surface area contributed by atoms with Crippen molar-refractivity contribution < 1.29 is 36.2 Å². The smallest absolute Gasteiger partial charge is 0.167 e. The highest BCUT2D eigenvalue weighted by Crippen LogP contribution is 2.41. The van der Waals surface area contributed by atoms with Crippen LogP contribution in [-0.4, -0.2) is 11.7 Å². The lowest BCUT2D eigenvalue weighted by Gasteiger charge is -2.24. The van der Waals surface area contributed by atoms with Gasteiger partial charge in [0.2, 0.25) is 0 Å². The number of aliphatic hydroxyl groups excluding tert-OH is 1. The molecule has 0 amide bonds. The second-order valence-electron chi connectivity index (χ2n) is 10.5. The minimum atomic E-state index is -1.30. The first-order valence-electron chi connectivity index (χ1n) is 13.7. The summed E-state index contributed by atoms with van der Waals surface area (Å²) in [5, 5.41) is 10.3. The van der Waals surface area contributed by atoms with Gasteiger partial charge in [-0.15, -0.1) is 0 Å². The number of aliphatic hydroxyl groups is 1. The van der Waals surface area contributed by atoms with Gasteiger partial charge in [0.05, 0.1) is 12.7 Å². The Kier molecular flexibility index (Phi) is 8.38. The molecular formula is C32H30F6O2. The highest BCUT2D eigenvalue weighted by molar-refractivity contribution is 5.73. The molecule has 3 aromatic rings. The molecule has 1 aliphatic heterocycles. The molecule has 5 rings (SSSR count). The molecule has 1 N–H and O–H groups in total. The predicted octanol–water partition coefficient (Wildman–Crippen LogP) is 9.22. The molecule has 1 fully saturated rings. The van der Waals surface area contributed by atoms with Crippen LogP contribution in [0.4, 0.5) is 26.3 Å². The zero-order chi connectivity index (χ0) is 28.6. The molecule has 1 saturated heterocycles. The van der Waals surface area contributed by atoms with Gasteiger partial charge in [-0.05, 0) is 42.7 Å². The SMILES string of the molecule is CCCCCC(O)c1ccc(C2CC=C(c3ccc(-c4ccc(C5CO5)c(F)c4F)c(F)c3F)CC2)c(F)c1F. The van der Waals surface area contributed by atoms with E-state index in [2.05, 4.69) is 0 Å². The molecule has 3 unspecified atom stereocenters. The minimum Gasteiger partial charge on any atom is -0.388 e. The lowest BCUT2D eigenvalue weighted by atomic mass is 9.81. The lowest BCUT2D eigenvalue weighted by Crippen LogP contribution is -2.11. The Bertz CT molecular complexity index is 1450. The molecule has 3 atom stereocenters. The van der Waals surface area contributed by atoms with Crippen LogP contribution in [0.2, 0.25) is 0 Å². The van der Waals surface area contributed by atoms with E-state index in [1.54, 1.807) is 6.08 Å². The molecule has 2 aliphatic rings. The second-order valence-corrected chi connectivity index (χ2v) is 10.5. The summed E-state index contributed by atoms with van der Waals surface area (Å²) in [6, 6.07) is 7.96. The summed E-state index contributed by atoms with van der Waals surface area (Å²) in [4.78, 5) is 0. The van der Waals surface area contributed by atoms with E-state index >= 15 is 8.78 Å². The van der Waals surface area contributed by atoms with Crippen molar-refractivity contribution in [2.45, 2.75) is 70.0 Å². The van der Waals surface area contributed by atoms with Crippen molar-refractivity contribution in [1.29, 1.82) is 0 Å². The van der Waals surface area contributed by atoms with Crippen LogP contribution in [0, 0.1) is 34.9 Å². The van der Waals surface area contributed by atoms with Crippen molar-refractivity contribution in [3.8, 4) is 11.1 Å². The summed E-state index contributed by atoms with van der Waals surface area (Å²) < 4.78 is 94.2. The summed E-state index contributed by atoms with van der Waals surface area (Å²) in [6.45, 7) is 2.29. The summed E-state index contributed by atoms with van der Waals surface area (Å²) in [5.41, 5.74) is -0.152. The summed E-state index contributed by atoms with van der Waals surface area (Å²) in [5.74, 6) is -7.32. The average molecular weight is 561 g/mol. The minimum absolute atomic E-state index is 0.0132. The summed E-state index contributed by atoms with van der Waals surface area (Å²) >= 11 is 0. The van der Waals surface area contributed by atoms with E-state index in [0.717, 1.165) is 12.8 Å². The first kappa shape index (κ1) is 28.4. The van der Waals surface area contributed by atoms with E-state index in [0.29, 0.717) is 24.8 Å². The molecule has 2 nitrogen and oxygen atoms in total. The quantitative estimate of drug-likeness (QED) is 0.161. The number of rotatable bonds is 9. The van der Waals surface area contributed by atoms with Gasteiger partial charge in [0.1, 0.15) is 6.10 Å². The zero-order valence-electron chi connectivity index (χ0n) is 22.1. The molecule has 0 spiro atoms. The third kappa shape index (κ3) is 5.44. The Hall–Kier alpha value is -3.10. The molecule has 0 radical (unpaired) electrons. The molecule has 0 aromatic heterocycles. The van der Waals surface area contributed by atoms with Gasteiger partial charge in [0, 0.05) is 27.8 Å². The van der Waals surface area contributed by atoms with E-state index in [4.69, 9.17) is 4.74 Å². The fraction of sp³-hybridized carbons (Fsp3) is 0.375. The van der Waals surface area contributed by atoms with E-state index in [1.807, 2.05) is 6.92 Å². The van der Waals surface area contributed by atoms with Gasteiger partial charge in [0.15, 0.2) is 34.9 Å². The van der Waals surface area contributed by atoms with Crippen molar-refractivity contribution in [2.24, 2.45) is 0 Å². The highest BCUT2D eigenvalue weighted by Gasteiger charge is 2.31. The van der Waals surface area contributed by atoms with Crippen LogP contribution in [0.15, 0.2) is 42.5 Å². The third-order valence-electron chi connectivity index (χ3n) is 7.94. The van der Waals surface area contributed by atoms with Crippen molar-refractivity contribution in [1.82, 2.24) is 0 Å². The number of halogens is 6. The lowest BCUT2D eigenvalue weighted by molar-refractivity contribution is 0.157. The number of epoxide rings is 1. The van der Waals surface area contributed by atoms with Crippen molar-refractivity contribution in [3.05, 3.63) is 99.6 Å². The first-order chi connectivity index (χ1) is 19.2. The fourth-order valence-corrected chi connectivity index (χ4v) is 5.51. The zero-order valence-corrected chi connectivity index (χ0v) is 22.1. The number of unbranched alkanes of at least 4 members (excludes halogenated alkanes) is 2. The van der Waals surface area contributed by atoms with Crippen LogP contribution >= 0.6 is 0 Å². The Morgan fingerprint density at radius 1 is 0.775 bits per heavy atom. The number of allylic oxidation sites excluding steroid dienone is 2. The maximum atomic E-state index is 15.2. The maximum Gasteiger partial charge on any atom is 0.167 e. The van der Waals surface area contributed by atoms with Crippen LogP contribution in [0.5, 0.6) is 0 Å². The fourth-order valence-electron chi connectivity index (χ4n) is 5.51. The van der Waals surface area contributed by atoms with Crippen LogP contribution in [0.3, 0.4) is 0 Å².